The average molecular weight is 589 g/mol. The maximum atomic E-state index is 14.4. The number of halogens is 1. The van der Waals surface area contributed by atoms with Crippen LogP contribution in [0.3, 0.4) is 0 Å². The summed E-state index contributed by atoms with van der Waals surface area (Å²) in [5.41, 5.74) is 1.24. The Kier molecular flexibility index (Phi) is 7.51. The van der Waals surface area contributed by atoms with E-state index in [4.69, 9.17) is 9.47 Å². The maximum absolute atomic E-state index is 14.4. The van der Waals surface area contributed by atoms with Gasteiger partial charge in [0.05, 0.1) is 35.9 Å². The van der Waals surface area contributed by atoms with Gasteiger partial charge < -0.3 is 14.4 Å². The second-order valence-corrected chi connectivity index (χ2v) is 12.6. The molecule has 0 atom stereocenters. The number of hydrogen-bond acceptors (Lipinski definition) is 7. The zero-order valence-electron chi connectivity index (χ0n) is 23.6. The molecule has 3 heterocycles. The molecule has 0 saturated heterocycles. The first-order chi connectivity index (χ1) is 19.9. The molecule has 42 heavy (non-hydrogen) atoms. The zero-order chi connectivity index (χ0) is 30.2. The van der Waals surface area contributed by atoms with Gasteiger partial charge in [0.1, 0.15) is 17.2 Å². The first kappa shape index (κ1) is 28.8. The van der Waals surface area contributed by atoms with Crippen LogP contribution in [-0.2, 0) is 14.8 Å². The van der Waals surface area contributed by atoms with E-state index in [0.717, 1.165) is 3.97 Å². The number of carbonyl (C=O) groups is 1. The highest BCUT2D eigenvalue weighted by Gasteiger charge is 2.32. The number of carbonyl (C=O) groups excluding carboxylic acids is 1. The third-order valence-electron chi connectivity index (χ3n) is 6.84. The molecule has 0 bridgehead atoms. The van der Waals surface area contributed by atoms with Gasteiger partial charge in [-0.15, -0.1) is 0 Å². The van der Waals surface area contributed by atoms with E-state index in [0.29, 0.717) is 27.8 Å². The Bertz CT molecular complexity index is 1870. The summed E-state index contributed by atoms with van der Waals surface area (Å²) in [5.74, 6) is -0.0944. The van der Waals surface area contributed by atoms with E-state index in [1.165, 1.54) is 48.5 Å². The van der Waals surface area contributed by atoms with Gasteiger partial charge in [-0.2, -0.15) is 5.26 Å². The fourth-order valence-corrected chi connectivity index (χ4v) is 6.49. The number of fused-ring (bicyclic) bond motifs is 1. The second-order valence-electron chi connectivity index (χ2n) is 10.8. The predicted molar refractivity (Wildman–Crippen MR) is 156 cm³/mol. The maximum Gasteiger partial charge on any atom is 0.410 e. The molecule has 0 N–H and O–H groups in total. The van der Waals surface area contributed by atoms with Crippen molar-refractivity contribution < 1.29 is 27.1 Å². The standard InChI is InChI=1S/C31H29FN4O5S/c1-31(2,3)41-30(37)35-15-13-23(20(18-33)19-35)27-17-26-24(25-16-21(32)10-11-28(25)40-4)12-14-34-29(26)36(27)42(38,39)22-8-6-5-7-9-22/h5-12,14,16-17H,13,15,19H2,1-4H3. The van der Waals surface area contributed by atoms with Gasteiger partial charge in [-0.25, -0.2) is 26.6 Å². The minimum atomic E-state index is -4.21. The largest absolute Gasteiger partial charge is 0.496 e. The molecule has 1 amide bonds. The van der Waals surface area contributed by atoms with E-state index in [1.54, 1.807) is 51.1 Å². The molecule has 1 aliphatic heterocycles. The van der Waals surface area contributed by atoms with E-state index in [9.17, 15) is 22.9 Å². The molecule has 5 rings (SSSR count). The van der Waals surface area contributed by atoms with E-state index < -0.39 is 27.5 Å². The van der Waals surface area contributed by atoms with Crippen LogP contribution in [0, 0.1) is 17.1 Å². The molecule has 9 nitrogen and oxygen atoms in total. The Labute approximate surface area is 243 Å². The van der Waals surface area contributed by atoms with E-state index in [2.05, 4.69) is 11.1 Å². The van der Waals surface area contributed by atoms with Gasteiger partial charge in [0.25, 0.3) is 10.0 Å². The number of pyridine rings is 1. The Hall–Kier alpha value is -4.69. The summed E-state index contributed by atoms with van der Waals surface area (Å²) in [6, 6.07) is 17.5. The lowest BCUT2D eigenvalue weighted by Gasteiger charge is -2.31. The summed E-state index contributed by atoms with van der Waals surface area (Å²) in [6.07, 6.45) is 1.09. The van der Waals surface area contributed by atoms with Crippen molar-refractivity contribution in [2.24, 2.45) is 0 Å². The Morgan fingerprint density at radius 1 is 1.07 bits per heavy atom. The first-order valence-corrected chi connectivity index (χ1v) is 14.6. The molecular weight excluding hydrogens is 559 g/mol. The molecule has 216 valence electrons. The molecule has 0 fully saturated rings. The highest BCUT2D eigenvalue weighted by molar-refractivity contribution is 7.90. The molecule has 0 saturated carbocycles. The fourth-order valence-electron chi connectivity index (χ4n) is 4.98. The highest BCUT2D eigenvalue weighted by atomic mass is 32.2. The lowest BCUT2D eigenvalue weighted by Crippen LogP contribution is -2.40. The van der Waals surface area contributed by atoms with Crippen LogP contribution in [0.1, 0.15) is 32.9 Å². The van der Waals surface area contributed by atoms with Crippen LogP contribution >= 0.6 is 0 Å². The third-order valence-corrected chi connectivity index (χ3v) is 8.55. The molecule has 0 aliphatic carbocycles. The summed E-state index contributed by atoms with van der Waals surface area (Å²) >= 11 is 0. The van der Waals surface area contributed by atoms with Crippen molar-refractivity contribution in [2.75, 3.05) is 20.2 Å². The molecule has 2 aromatic heterocycles. The topological polar surface area (TPSA) is 115 Å². The number of benzene rings is 2. The lowest BCUT2D eigenvalue weighted by molar-refractivity contribution is 0.0267. The number of aromatic nitrogens is 2. The van der Waals surface area contributed by atoms with Gasteiger partial charge in [0, 0.05) is 23.7 Å². The normalized spacial score (nSPS) is 14.1. The summed E-state index contributed by atoms with van der Waals surface area (Å²) in [7, 11) is -2.74. The first-order valence-electron chi connectivity index (χ1n) is 13.2. The van der Waals surface area contributed by atoms with E-state index >= 15 is 0 Å². The summed E-state index contributed by atoms with van der Waals surface area (Å²) in [6.45, 7) is 5.43. The van der Waals surface area contributed by atoms with Crippen LogP contribution < -0.4 is 4.74 Å². The van der Waals surface area contributed by atoms with Gasteiger partial charge in [0.2, 0.25) is 0 Å². The van der Waals surface area contributed by atoms with Crippen LogP contribution in [0.5, 0.6) is 5.75 Å². The van der Waals surface area contributed by atoms with Gasteiger partial charge >= 0.3 is 6.09 Å². The van der Waals surface area contributed by atoms with Crippen molar-refractivity contribution >= 4 is 32.7 Å². The molecule has 1 aliphatic rings. The summed E-state index contributed by atoms with van der Waals surface area (Å²) in [5, 5.41) is 10.6. The van der Waals surface area contributed by atoms with Crippen molar-refractivity contribution in [3.05, 3.63) is 83.9 Å². The SMILES string of the molecule is COc1ccc(F)cc1-c1ccnc2c1cc(C1=C(C#N)CN(C(=O)OC(C)(C)C)CC1)n2S(=O)(=O)c1ccccc1. The molecule has 11 heteroatoms. The zero-order valence-corrected chi connectivity index (χ0v) is 24.4. The van der Waals surface area contributed by atoms with Crippen molar-refractivity contribution in [2.45, 2.75) is 37.7 Å². The van der Waals surface area contributed by atoms with Gasteiger partial charge in [-0.1, -0.05) is 18.2 Å². The van der Waals surface area contributed by atoms with Crippen molar-refractivity contribution in [1.29, 1.82) is 5.26 Å². The molecule has 0 spiro atoms. The van der Waals surface area contributed by atoms with E-state index in [-0.39, 0.29) is 41.3 Å². The number of methoxy groups -OCH3 is 1. The third kappa shape index (κ3) is 5.33. The van der Waals surface area contributed by atoms with Crippen LogP contribution in [0.2, 0.25) is 0 Å². The van der Waals surface area contributed by atoms with Crippen LogP contribution in [-0.4, -0.2) is 54.2 Å². The molecule has 0 unspecified atom stereocenters. The smallest absolute Gasteiger partial charge is 0.410 e. The average Bonchev–Trinajstić information content (AvgIpc) is 3.37. The van der Waals surface area contributed by atoms with Crippen molar-refractivity contribution in [3.63, 3.8) is 0 Å². The van der Waals surface area contributed by atoms with Crippen molar-refractivity contribution in [3.8, 4) is 22.9 Å². The van der Waals surface area contributed by atoms with Crippen molar-refractivity contribution in [1.82, 2.24) is 13.9 Å². The Balaban J connectivity index is 1.77. The molecule has 2 aromatic carbocycles. The Morgan fingerprint density at radius 2 is 1.81 bits per heavy atom. The number of nitrogens with zero attached hydrogens (tertiary/aromatic N) is 4. The minimum absolute atomic E-state index is 0.0320. The molecule has 4 aromatic rings. The van der Waals surface area contributed by atoms with Crippen LogP contribution in [0.25, 0.3) is 27.7 Å². The Morgan fingerprint density at radius 3 is 2.48 bits per heavy atom. The second kappa shape index (κ2) is 10.9. The predicted octanol–water partition coefficient (Wildman–Crippen LogP) is 6.01. The minimum Gasteiger partial charge on any atom is -0.496 e. The number of hydrogen-bond donors (Lipinski definition) is 0. The lowest BCUT2D eigenvalue weighted by atomic mass is 9.97. The molecule has 0 radical (unpaired) electrons. The highest BCUT2D eigenvalue weighted by Crippen LogP contribution is 2.40. The number of ether oxygens (including phenoxy) is 2. The van der Waals surface area contributed by atoms with E-state index in [1.807, 2.05) is 0 Å². The van der Waals surface area contributed by atoms with Gasteiger partial charge in [-0.3, -0.25) is 0 Å². The number of amides is 1. The van der Waals surface area contributed by atoms with Gasteiger partial charge in [0.15, 0.2) is 5.65 Å². The summed E-state index contributed by atoms with van der Waals surface area (Å²) < 4.78 is 54.8. The quantitative estimate of drug-likeness (QED) is 0.281. The van der Waals surface area contributed by atoms with Crippen LogP contribution in [0.15, 0.2) is 77.3 Å². The monoisotopic (exact) mass is 588 g/mol. The van der Waals surface area contributed by atoms with Gasteiger partial charge in [-0.05, 0) is 80.8 Å². The number of rotatable bonds is 5. The molecular formula is C31H29FN4O5S. The fraction of sp³-hybridized carbons (Fsp3) is 0.258. The summed E-state index contributed by atoms with van der Waals surface area (Å²) in [4.78, 5) is 18.7. The van der Waals surface area contributed by atoms with Crippen LogP contribution in [0.4, 0.5) is 9.18 Å². The number of nitriles is 1.